The molecule has 4 nitrogen and oxygen atoms in total. The Labute approximate surface area is 121 Å². The highest BCUT2D eigenvalue weighted by atomic mass is 35.5. The normalized spacial score (nSPS) is 18.8. The lowest BCUT2D eigenvalue weighted by molar-refractivity contribution is -0.145. The molecule has 1 heterocycles. The molecule has 19 heavy (non-hydrogen) atoms. The molecule has 0 saturated carbocycles. The minimum atomic E-state index is -0.425. The molecule has 1 aromatic rings. The van der Waals surface area contributed by atoms with Crippen molar-refractivity contribution in [1.29, 1.82) is 0 Å². The van der Waals surface area contributed by atoms with Crippen molar-refractivity contribution >= 4 is 40.8 Å². The summed E-state index contributed by atoms with van der Waals surface area (Å²) < 4.78 is 4.67. The lowest BCUT2D eigenvalue weighted by Gasteiger charge is -2.19. The summed E-state index contributed by atoms with van der Waals surface area (Å²) in [5.41, 5.74) is 1.53. The second-order valence-corrected chi connectivity index (χ2v) is 5.30. The van der Waals surface area contributed by atoms with E-state index in [0.717, 1.165) is 5.56 Å². The Morgan fingerprint density at radius 2 is 2.00 bits per heavy atom. The predicted molar refractivity (Wildman–Crippen MR) is 73.7 cm³/mol. The largest absolute Gasteiger partial charge is 0.469 e. The van der Waals surface area contributed by atoms with Gasteiger partial charge in [-0.25, -0.2) is 0 Å². The number of rotatable bonds is 2. The number of benzene rings is 1. The third kappa shape index (κ3) is 2.69. The highest BCUT2D eigenvalue weighted by Gasteiger charge is 2.36. The zero-order valence-electron chi connectivity index (χ0n) is 10.6. The Balaban J connectivity index is 2.30. The summed E-state index contributed by atoms with van der Waals surface area (Å²) in [7, 11) is 1.32. The zero-order valence-corrected chi connectivity index (χ0v) is 12.1. The van der Waals surface area contributed by atoms with Crippen LogP contribution in [0.25, 0.3) is 0 Å². The standard InChI is InChI=1S/C13H13Cl2NO3/c1-7-3-9(14)10(15)5-11(7)16-6-8(4-12(16)17)13(18)19-2/h3,5,8H,4,6H2,1-2H3. The summed E-state index contributed by atoms with van der Waals surface area (Å²) in [6.07, 6.45) is 0.159. The lowest BCUT2D eigenvalue weighted by atomic mass is 10.1. The van der Waals surface area contributed by atoms with Crippen LogP contribution in [-0.2, 0) is 14.3 Å². The Kier molecular flexibility index (Phi) is 4.02. The van der Waals surface area contributed by atoms with Gasteiger partial charge in [-0.3, -0.25) is 9.59 Å². The van der Waals surface area contributed by atoms with Gasteiger partial charge in [0, 0.05) is 18.7 Å². The molecule has 102 valence electrons. The highest BCUT2D eigenvalue weighted by Crippen LogP contribution is 2.34. The Morgan fingerprint density at radius 3 is 2.63 bits per heavy atom. The van der Waals surface area contributed by atoms with Gasteiger partial charge in [-0.2, -0.15) is 0 Å². The highest BCUT2D eigenvalue weighted by molar-refractivity contribution is 6.42. The monoisotopic (exact) mass is 301 g/mol. The summed E-state index contributed by atoms with van der Waals surface area (Å²) in [5, 5.41) is 0.829. The maximum Gasteiger partial charge on any atom is 0.311 e. The maximum atomic E-state index is 12.0. The Morgan fingerprint density at radius 1 is 1.37 bits per heavy atom. The number of halogens is 2. The van der Waals surface area contributed by atoms with Crippen molar-refractivity contribution in [3.63, 3.8) is 0 Å². The van der Waals surface area contributed by atoms with Crippen molar-refractivity contribution in [2.24, 2.45) is 5.92 Å². The number of esters is 1. The number of hydrogen-bond acceptors (Lipinski definition) is 3. The van der Waals surface area contributed by atoms with Gasteiger partial charge in [0.2, 0.25) is 5.91 Å². The molecule has 1 aliphatic heterocycles. The van der Waals surface area contributed by atoms with E-state index in [1.54, 1.807) is 17.0 Å². The van der Waals surface area contributed by atoms with E-state index in [1.807, 2.05) is 6.92 Å². The first-order chi connectivity index (χ1) is 8.93. The van der Waals surface area contributed by atoms with Gasteiger partial charge in [-0.15, -0.1) is 0 Å². The molecule has 6 heteroatoms. The van der Waals surface area contributed by atoms with Gasteiger partial charge in [-0.1, -0.05) is 23.2 Å². The molecule has 1 amide bonds. The number of methoxy groups -OCH3 is 1. The number of hydrogen-bond donors (Lipinski definition) is 0. The number of carbonyl (C=O) groups excluding carboxylic acids is 2. The molecule has 1 saturated heterocycles. The number of aryl methyl sites for hydroxylation is 1. The fourth-order valence-corrected chi connectivity index (χ4v) is 2.57. The number of anilines is 1. The molecule has 1 fully saturated rings. The van der Waals surface area contributed by atoms with E-state index in [1.165, 1.54) is 7.11 Å². The van der Waals surface area contributed by atoms with E-state index < -0.39 is 5.92 Å². The first kappa shape index (κ1) is 14.2. The molecular formula is C13H13Cl2NO3. The van der Waals surface area contributed by atoms with Gasteiger partial charge in [0.05, 0.1) is 23.1 Å². The van der Waals surface area contributed by atoms with Gasteiger partial charge in [0.15, 0.2) is 0 Å². The van der Waals surface area contributed by atoms with Crippen molar-refractivity contribution in [3.05, 3.63) is 27.7 Å². The van der Waals surface area contributed by atoms with Crippen LogP contribution in [0.3, 0.4) is 0 Å². The fourth-order valence-electron chi connectivity index (χ4n) is 2.19. The van der Waals surface area contributed by atoms with Gasteiger partial charge < -0.3 is 9.64 Å². The zero-order chi connectivity index (χ0) is 14.2. The van der Waals surface area contributed by atoms with Crippen LogP contribution in [0.4, 0.5) is 5.69 Å². The van der Waals surface area contributed by atoms with Gasteiger partial charge in [-0.05, 0) is 24.6 Å². The smallest absolute Gasteiger partial charge is 0.311 e. The molecule has 1 aliphatic rings. The second kappa shape index (κ2) is 5.39. The second-order valence-electron chi connectivity index (χ2n) is 4.48. The predicted octanol–water partition coefficient (Wildman–Crippen LogP) is 2.83. The van der Waals surface area contributed by atoms with E-state index in [9.17, 15) is 9.59 Å². The van der Waals surface area contributed by atoms with Gasteiger partial charge >= 0.3 is 5.97 Å². The molecule has 0 N–H and O–H groups in total. The molecule has 1 aromatic carbocycles. The summed E-state index contributed by atoms with van der Waals surface area (Å²) in [6.45, 7) is 2.15. The van der Waals surface area contributed by atoms with Crippen LogP contribution in [-0.4, -0.2) is 25.5 Å². The third-order valence-corrected chi connectivity index (χ3v) is 3.91. The lowest BCUT2D eigenvalue weighted by Crippen LogP contribution is -2.26. The SMILES string of the molecule is COC(=O)C1CC(=O)N(c2cc(Cl)c(Cl)cc2C)C1. The average molecular weight is 302 g/mol. The van der Waals surface area contributed by atoms with Crippen molar-refractivity contribution in [3.8, 4) is 0 Å². The van der Waals surface area contributed by atoms with E-state index in [4.69, 9.17) is 23.2 Å². The van der Waals surface area contributed by atoms with Crippen LogP contribution in [0.1, 0.15) is 12.0 Å². The minimum absolute atomic E-state index is 0.114. The van der Waals surface area contributed by atoms with Gasteiger partial charge in [0.1, 0.15) is 0 Å². The van der Waals surface area contributed by atoms with Crippen LogP contribution in [0.15, 0.2) is 12.1 Å². The molecule has 0 aromatic heterocycles. The number of ether oxygens (including phenoxy) is 1. The summed E-state index contributed by atoms with van der Waals surface area (Å²) in [4.78, 5) is 25.0. The number of carbonyl (C=O) groups is 2. The molecule has 1 unspecified atom stereocenters. The average Bonchev–Trinajstić information content (AvgIpc) is 2.75. The molecule has 2 rings (SSSR count). The summed E-state index contributed by atoms with van der Waals surface area (Å²) in [6, 6.07) is 3.36. The van der Waals surface area contributed by atoms with Crippen molar-refractivity contribution in [2.45, 2.75) is 13.3 Å². The summed E-state index contributed by atoms with van der Waals surface area (Å²) in [5.74, 6) is -0.906. The van der Waals surface area contributed by atoms with Crippen LogP contribution in [0.5, 0.6) is 0 Å². The van der Waals surface area contributed by atoms with E-state index in [2.05, 4.69) is 4.74 Å². The number of nitrogens with zero attached hydrogens (tertiary/aromatic N) is 1. The molecule has 0 radical (unpaired) electrons. The van der Waals surface area contributed by atoms with Crippen molar-refractivity contribution in [1.82, 2.24) is 0 Å². The molecule has 0 aliphatic carbocycles. The molecular weight excluding hydrogens is 289 g/mol. The van der Waals surface area contributed by atoms with Crippen LogP contribution >= 0.6 is 23.2 Å². The topological polar surface area (TPSA) is 46.6 Å². The van der Waals surface area contributed by atoms with Crippen LogP contribution in [0.2, 0.25) is 10.0 Å². The van der Waals surface area contributed by atoms with E-state index >= 15 is 0 Å². The van der Waals surface area contributed by atoms with E-state index in [0.29, 0.717) is 22.3 Å². The first-order valence-corrected chi connectivity index (χ1v) is 6.53. The minimum Gasteiger partial charge on any atom is -0.469 e. The maximum absolute atomic E-state index is 12.0. The van der Waals surface area contributed by atoms with Crippen molar-refractivity contribution < 1.29 is 14.3 Å². The number of amides is 1. The fraction of sp³-hybridized carbons (Fsp3) is 0.385. The Bertz CT molecular complexity index is 545. The molecule has 0 spiro atoms. The first-order valence-electron chi connectivity index (χ1n) is 5.78. The quantitative estimate of drug-likeness (QED) is 0.789. The molecule has 1 atom stereocenters. The summed E-state index contributed by atoms with van der Waals surface area (Å²) >= 11 is 11.9. The Hall–Kier alpha value is -1.26. The molecule has 0 bridgehead atoms. The van der Waals surface area contributed by atoms with E-state index in [-0.39, 0.29) is 18.3 Å². The van der Waals surface area contributed by atoms with Crippen LogP contribution < -0.4 is 4.90 Å². The third-order valence-electron chi connectivity index (χ3n) is 3.19. The van der Waals surface area contributed by atoms with Crippen molar-refractivity contribution in [2.75, 3.05) is 18.6 Å². The van der Waals surface area contributed by atoms with Gasteiger partial charge in [0.25, 0.3) is 0 Å². The van der Waals surface area contributed by atoms with Crippen LogP contribution in [0, 0.1) is 12.8 Å².